The second-order valence-corrected chi connectivity index (χ2v) is 8.37. The van der Waals surface area contributed by atoms with Crippen molar-refractivity contribution in [2.45, 2.75) is 6.54 Å². The van der Waals surface area contributed by atoms with Crippen LogP contribution in [0.5, 0.6) is 5.88 Å². The Hall–Kier alpha value is -3.52. The molecule has 0 saturated carbocycles. The van der Waals surface area contributed by atoms with Crippen LogP contribution in [0, 0.1) is 5.82 Å². The van der Waals surface area contributed by atoms with Crippen LogP contribution >= 0.6 is 0 Å². The minimum atomic E-state index is -0.370. The summed E-state index contributed by atoms with van der Waals surface area (Å²) in [5, 5.41) is 11.4. The molecule has 7 heteroatoms. The van der Waals surface area contributed by atoms with Crippen molar-refractivity contribution in [2.24, 2.45) is 4.99 Å². The van der Waals surface area contributed by atoms with Gasteiger partial charge >= 0.3 is 0 Å². The molecule has 4 aromatic rings. The van der Waals surface area contributed by atoms with Crippen LogP contribution in [0.25, 0.3) is 10.9 Å². The van der Waals surface area contributed by atoms with E-state index in [1.807, 2.05) is 54.6 Å². The van der Waals surface area contributed by atoms with Crippen molar-refractivity contribution in [3.63, 3.8) is 0 Å². The number of fused-ring (bicyclic) bond motifs is 1. The SMILES string of the molecule is COCCOCCN(C)Cc1ccc(N=C(c2ccccc2)c2c(O)[nH]c3cc(F)ccc23)cc1. The molecule has 0 aliphatic heterocycles. The third-order valence-corrected chi connectivity index (χ3v) is 5.70. The van der Waals surface area contributed by atoms with E-state index in [0.717, 1.165) is 29.9 Å². The number of hydrogen-bond donors (Lipinski definition) is 2. The number of aromatic hydroxyl groups is 1. The number of benzene rings is 3. The number of ether oxygens (including phenoxy) is 2. The van der Waals surface area contributed by atoms with Crippen molar-refractivity contribution >= 4 is 22.3 Å². The lowest BCUT2D eigenvalue weighted by molar-refractivity contribution is 0.0598. The number of aromatic amines is 1. The van der Waals surface area contributed by atoms with Gasteiger partial charge in [-0.25, -0.2) is 9.38 Å². The standard InChI is InChI=1S/C28H30FN3O3/c1-32(14-15-35-17-16-34-2)19-20-8-11-23(12-9-20)30-27(21-6-4-3-5-7-21)26-24-13-10-22(29)18-25(24)31-28(26)33/h3-13,18,31,33H,14-17,19H2,1-2H3. The van der Waals surface area contributed by atoms with Gasteiger partial charge in [-0.05, 0) is 42.9 Å². The van der Waals surface area contributed by atoms with Crippen molar-refractivity contribution < 1.29 is 19.0 Å². The third kappa shape index (κ3) is 6.33. The van der Waals surface area contributed by atoms with Crippen LogP contribution in [0.3, 0.4) is 0 Å². The number of likely N-dealkylation sites (N-methyl/N-ethyl adjacent to an activating group) is 1. The van der Waals surface area contributed by atoms with Gasteiger partial charge in [-0.3, -0.25) is 4.90 Å². The van der Waals surface area contributed by atoms with Crippen LogP contribution in [-0.2, 0) is 16.0 Å². The molecule has 0 aliphatic rings. The summed E-state index contributed by atoms with van der Waals surface area (Å²) in [5.74, 6) is -0.412. The summed E-state index contributed by atoms with van der Waals surface area (Å²) in [6.07, 6.45) is 0. The van der Waals surface area contributed by atoms with Gasteiger partial charge in [0.05, 0.1) is 42.3 Å². The molecular formula is C28H30FN3O3. The van der Waals surface area contributed by atoms with Crippen LogP contribution in [0.15, 0.2) is 77.8 Å². The minimum Gasteiger partial charge on any atom is -0.494 e. The fraction of sp³-hybridized carbons (Fsp3) is 0.250. The lowest BCUT2D eigenvalue weighted by atomic mass is 10.0. The van der Waals surface area contributed by atoms with Gasteiger partial charge in [0.2, 0.25) is 0 Å². The summed E-state index contributed by atoms with van der Waals surface area (Å²) < 4.78 is 24.3. The van der Waals surface area contributed by atoms with Gasteiger partial charge in [-0.15, -0.1) is 0 Å². The van der Waals surface area contributed by atoms with Crippen molar-refractivity contribution in [1.29, 1.82) is 0 Å². The zero-order valence-electron chi connectivity index (χ0n) is 20.0. The highest BCUT2D eigenvalue weighted by atomic mass is 19.1. The highest BCUT2D eigenvalue weighted by Gasteiger charge is 2.19. The summed E-state index contributed by atoms with van der Waals surface area (Å²) in [7, 11) is 3.72. The summed E-state index contributed by atoms with van der Waals surface area (Å²) in [6, 6.07) is 22.1. The molecule has 0 radical (unpaired) electrons. The number of methoxy groups -OCH3 is 1. The molecule has 0 bridgehead atoms. The first kappa shape index (κ1) is 24.6. The average Bonchev–Trinajstić information content (AvgIpc) is 3.18. The fourth-order valence-corrected chi connectivity index (χ4v) is 3.92. The van der Waals surface area contributed by atoms with E-state index in [1.54, 1.807) is 13.2 Å². The van der Waals surface area contributed by atoms with Gasteiger partial charge in [0.15, 0.2) is 5.88 Å². The maximum Gasteiger partial charge on any atom is 0.199 e. The molecule has 1 heterocycles. The van der Waals surface area contributed by atoms with Crippen LogP contribution < -0.4 is 0 Å². The third-order valence-electron chi connectivity index (χ3n) is 5.70. The van der Waals surface area contributed by atoms with E-state index in [4.69, 9.17) is 14.5 Å². The zero-order chi connectivity index (χ0) is 24.6. The Morgan fingerprint density at radius 2 is 1.77 bits per heavy atom. The maximum absolute atomic E-state index is 13.7. The molecule has 3 aromatic carbocycles. The molecule has 35 heavy (non-hydrogen) atoms. The first-order valence-corrected chi connectivity index (χ1v) is 11.5. The van der Waals surface area contributed by atoms with E-state index in [2.05, 4.69) is 16.9 Å². The van der Waals surface area contributed by atoms with E-state index in [-0.39, 0.29) is 11.7 Å². The van der Waals surface area contributed by atoms with E-state index < -0.39 is 0 Å². The monoisotopic (exact) mass is 475 g/mol. The number of aliphatic imine (C=N–C) groups is 1. The molecule has 6 nitrogen and oxygen atoms in total. The van der Waals surface area contributed by atoms with Gasteiger partial charge in [0.25, 0.3) is 0 Å². The van der Waals surface area contributed by atoms with Gasteiger partial charge in [-0.1, -0.05) is 42.5 Å². The predicted molar refractivity (Wildman–Crippen MR) is 137 cm³/mol. The molecule has 0 amide bonds. The highest BCUT2D eigenvalue weighted by Crippen LogP contribution is 2.32. The molecule has 182 valence electrons. The van der Waals surface area contributed by atoms with E-state index in [9.17, 15) is 9.50 Å². The molecular weight excluding hydrogens is 445 g/mol. The Balaban J connectivity index is 1.57. The Labute approximate surface area is 204 Å². The molecule has 0 spiro atoms. The van der Waals surface area contributed by atoms with Crippen molar-refractivity contribution in [2.75, 3.05) is 40.5 Å². The molecule has 0 atom stereocenters. The molecule has 0 unspecified atom stereocenters. The van der Waals surface area contributed by atoms with Crippen LogP contribution in [0.1, 0.15) is 16.7 Å². The Morgan fingerprint density at radius 1 is 1.00 bits per heavy atom. The van der Waals surface area contributed by atoms with Crippen LogP contribution in [0.2, 0.25) is 0 Å². The number of aromatic nitrogens is 1. The number of rotatable bonds is 11. The lowest BCUT2D eigenvalue weighted by Crippen LogP contribution is -2.23. The maximum atomic E-state index is 13.7. The largest absolute Gasteiger partial charge is 0.494 e. The van der Waals surface area contributed by atoms with Crippen molar-refractivity contribution in [3.8, 4) is 5.88 Å². The second kappa shape index (κ2) is 11.8. The van der Waals surface area contributed by atoms with Gasteiger partial charge in [0, 0.05) is 31.1 Å². The number of nitrogens with zero attached hydrogens (tertiary/aromatic N) is 2. The molecule has 1 aromatic heterocycles. The molecule has 4 rings (SSSR count). The normalized spacial score (nSPS) is 12.1. The minimum absolute atomic E-state index is 0.0424. The zero-order valence-corrected chi connectivity index (χ0v) is 20.0. The van der Waals surface area contributed by atoms with Gasteiger partial charge < -0.3 is 19.6 Å². The summed E-state index contributed by atoms with van der Waals surface area (Å²) >= 11 is 0. The fourth-order valence-electron chi connectivity index (χ4n) is 3.92. The summed E-state index contributed by atoms with van der Waals surface area (Å²) in [4.78, 5) is 9.97. The summed E-state index contributed by atoms with van der Waals surface area (Å²) in [5.41, 5.74) is 4.45. The first-order chi connectivity index (χ1) is 17.0. The number of hydrogen-bond acceptors (Lipinski definition) is 5. The first-order valence-electron chi connectivity index (χ1n) is 11.5. The highest BCUT2D eigenvalue weighted by molar-refractivity contribution is 6.21. The molecule has 2 N–H and O–H groups in total. The Bertz CT molecular complexity index is 1270. The number of nitrogens with one attached hydrogen (secondary N) is 1. The number of H-pyrrole nitrogens is 1. The quantitative estimate of drug-likeness (QED) is 0.229. The van der Waals surface area contributed by atoms with Gasteiger partial charge in [-0.2, -0.15) is 0 Å². The predicted octanol–water partition coefficient (Wildman–Crippen LogP) is 5.28. The second-order valence-electron chi connectivity index (χ2n) is 8.37. The van der Waals surface area contributed by atoms with Crippen LogP contribution in [0.4, 0.5) is 10.1 Å². The van der Waals surface area contributed by atoms with E-state index >= 15 is 0 Å². The topological polar surface area (TPSA) is 70.1 Å². The smallest absolute Gasteiger partial charge is 0.199 e. The Morgan fingerprint density at radius 3 is 2.51 bits per heavy atom. The number of halogens is 1. The van der Waals surface area contributed by atoms with E-state index in [1.165, 1.54) is 12.1 Å². The molecule has 0 saturated heterocycles. The summed E-state index contributed by atoms with van der Waals surface area (Å²) in [6.45, 7) is 3.46. The van der Waals surface area contributed by atoms with Crippen molar-refractivity contribution in [1.82, 2.24) is 9.88 Å². The molecule has 0 aliphatic carbocycles. The average molecular weight is 476 g/mol. The lowest BCUT2D eigenvalue weighted by Gasteiger charge is -2.16. The van der Waals surface area contributed by atoms with Crippen LogP contribution in [-0.4, -0.2) is 61.2 Å². The van der Waals surface area contributed by atoms with Gasteiger partial charge in [0.1, 0.15) is 5.82 Å². The van der Waals surface area contributed by atoms with Crippen molar-refractivity contribution in [3.05, 3.63) is 95.3 Å². The van der Waals surface area contributed by atoms with E-state index in [0.29, 0.717) is 42.0 Å². The Kier molecular flexibility index (Phi) is 8.26. The molecule has 0 fully saturated rings.